The lowest BCUT2D eigenvalue weighted by atomic mass is 10.1. The third-order valence-electron chi connectivity index (χ3n) is 2.81. The van der Waals surface area contributed by atoms with Gasteiger partial charge in [-0.05, 0) is 12.1 Å². The minimum atomic E-state index is -0.348. The van der Waals surface area contributed by atoms with Crippen molar-refractivity contribution in [1.82, 2.24) is 4.98 Å². The molecule has 0 spiro atoms. The van der Waals surface area contributed by atoms with E-state index in [-0.39, 0.29) is 6.29 Å². The third kappa shape index (κ3) is 2.99. The van der Waals surface area contributed by atoms with Crippen LogP contribution in [0.1, 0.15) is 5.56 Å². The van der Waals surface area contributed by atoms with Gasteiger partial charge in [-0.25, -0.2) is 4.98 Å². The fourth-order valence-corrected chi connectivity index (χ4v) is 1.81. The molecule has 5 nitrogen and oxygen atoms in total. The Balaban J connectivity index is 2.27. The average Bonchev–Trinajstić information content (AvgIpc) is 2.47. The van der Waals surface area contributed by atoms with Crippen molar-refractivity contribution in [1.29, 1.82) is 5.26 Å². The van der Waals surface area contributed by atoms with Gasteiger partial charge in [0.2, 0.25) is 0 Å². The van der Waals surface area contributed by atoms with E-state index in [9.17, 15) is 5.26 Å². The van der Waals surface area contributed by atoms with Gasteiger partial charge < -0.3 is 14.8 Å². The van der Waals surface area contributed by atoms with Crippen molar-refractivity contribution in [2.75, 3.05) is 26.1 Å². The minimum absolute atomic E-state index is 0.348. The Morgan fingerprint density at radius 3 is 2.74 bits per heavy atom. The number of rotatable bonds is 5. The lowest BCUT2D eigenvalue weighted by Crippen LogP contribution is -2.24. The van der Waals surface area contributed by atoms with Crippen LogP contribution >= 0.6 is 0 Å². The number of hydrogen-bond acceptors (Lipinski definition) is 5. The maximum atomic E-state index is 9.17. The molecule has 2 aromatic rings. The van der Waals surface area contributed by atoms with Crippen LogP contribution in [0.15, 0.2) is 30.3 Å². The zero-order chi connectivity index (χ0) is 13.7. The number of nitrogens with one attached hydrogen (secondary N) is 1. The molecule has 0 amide bonds. The third-order valence-corrected chi connectivity index (χ3v) is 2.81. The van der Waals surface area contributed by atoms with Crippen LogP contribution in [0.3, 0.4) is 0 Å². The van der Waals surface area contributed by atoms with E-state index in [2.05, 4.69) is 16.4 Å². The Bertz CT molecular complexity index is 603. The highest BCUT2D eigenvalue weighted by Crippen LogP contribution is 2.19. The molecule has 0 unspecified atom stereocenters. The van der Waals surface area contributed by atoms with Crippen LogP contribution in [0.5, 0.6) is 0 Å². The molecule has 98 valence electrons. The number of anilines is 1. The molecule has 5 heteroatoms. The van der Waals surface area contributed by atoms with Crippen LogP contribution in [0, 0.1) is 11.3 Å². The first-order chi connectivity index (χ1) is 9.28. The van der Waals surface area contributed by atoms with E-state index in [1.165, 1.54) is 0 Å². The predicted octanol–water partition coefficient (Wildman–Crippen LogP) is 2.14. The highest BCUT2D eigenvalue weighted by molar-refractivity contribution is 5.86. The summed E-state index contributed by atoms with van der Waals surface area (Å²) in [6.07, 6.45) is -0.348. The van der Waals surface area contributed by atoms with E-state index in [1.807, 2.05) is 24.3 Å². The van der Waals surface area contributed by atoms with Crippen molar-refractivity contribution in [3.63, 3.8) is 0 Å². The highest BCUT2D eigenvalue weighted by Gasteiger charge is 2.08. The second-order valence-electron chi connectivity index (χ2n) is 3.97. The number of para-hydroxylation sites is 1. The number of ether oxygens (including phenoxy) is 2. The Hall–Kier alpha value is -2.16. The number of aromatic nitrogens is 1. The fraction of sp³-hybridized carbons (Fsp3) is 0.286. The van der Waals surface area contributed by atoms with Crippen LogP contribution in [-0.4, -0.2) is 32.0 Å². The molecular formula is C14H15N3O2. The van der Waals surface area contributed by atoms with Gasteiger partial charge in [-0.15, -0.1) is 0 Å². The molecule has 1 aromatic carbocycles. The molecule has 0 saturated carbocycles. The summed E-state index contributed by atoms with van der Waals surface area (Å²) in [6.45, 7) is 0.462. The standard InChI is InChI=1S/C14H15N3O2/c1-18-14(19-2)9-16-13-7-10(8-15)11-5-3-4-6-12(11)17-13/h3-7,14H,9H2,1-2H3,(H,16,17). The van der Waals surface area contributed by atoms with Gasteiger partial charge in [0, 0.05) is 19.6 Å². The molecule has 19 heavy (non-hydrogen) atoms. The van der Waals surface area contributed by atoms with Crippen molar-refractivity contribution < 1.29 is 9.47 Å². The molecule has 0 fully saturated rings. The first kappa shape index (κ1) is 13.3. The van der Waals surface area contributed by atoms with Gasteiger partial charge in [-0.3, -0.25) is 0 Å². The van der Waals surface area contributed by atoms with E-state index in [0.717, 1.165) is 10.9 Å². The first-order valence-corrected chi connectivity index (χ1v) is 5.88. The van der Waals surface area contributed by atoms with Gasteiger partial charge in [0.15, 0.2) is 6.29 Å². The van der Waals surface area contributed by atoms with E-state index in [4.69, 9.17) is 9.47 Å². The Labute approximate surface area is 111 Å². The van der Waals surface area contributed by atoms with E-state index in [1.54, 1.807) is 20.3 Å². The molecule has 0 aliphatic rings. The predicted molar refractivity (Wildman–Crippen MR) is 72.8 cm³/mol. The smallest absolute Gasteiger partial charge is 0.173 e. The van der Waals surface area contributed by atoms with E-state index >= 15 is 0 Å². The van der Waals surface area contributed by atoms with Crippen molar-refractivity contribution in [2.45, 2.75) is 6.29 Å². The fourth-order valence-electron chi connectivity index (χ4n) is 1.81. The number of benzene rings is 1. The molecule has 0 radical (unpaired) electrons. The molecule has 0 bridgehead atoms. The monoisotopic (exact) mass is 257 g/mol. The van der Waals surface area contributed by atoms with Gasteiger partial charge >= 0.3 is 0 Å². The summed E-state index contributed by atoms with van der Waals surface area (Å²) in [6, 6.07) is 11.5. The summed E-state index contributed by atoms with van der Waals surface area (Å²) in [4.78, 5) is 4.45. The summed E-state index contributed by atoms with van der Waals surface area (Å²) in [7, 11) is 3.15. The number of nitriles is 1. The Kier molecular flexibility index (Phi) is 4.29. The van der Waals surface area contributed by atoms with Gasteiger partial charge in [-0.1, -0.05) is 18.2 Å². The summed E-state index contributed by atoms with van der Waals surface area (Å²) in [5, 5.41) is 13.1. The molecule has 1 aromatic heterocycles. The maximum Gasteiger partial charge on any atom is 0.173 e. The van der Waals surface area contributed by atoms with E-state index in [0.29, 0.717) is 17.9 Å². The number of fused-ring (bicyclic) bond motifs is 1. The number of hydrogen-bond donors (Lipinski definition) is 1. The molecule has 1 heterocycles. The largest absolute Gasteiger partial charge is 0.365 e. The normalized spacial score (nSPS) is 10.6. The number of nitrogens with zero attached hydrogens (tertiary/aromatic N) is 2. The lowest BCUT2D eigenvalue weighted by molar-refractivity contribution is -0.0914. The van der Waals surface area contributed by atoms with Gasteiger partial charge in [0.25, 0.3) is 0 Å². The van der Waals surface area contributed by atoms with Crippen molar-refractivity contribution in [2.24, 2.45) is 0 Å². The SMILES string of the molecule is COC(CNc1cc(C#N)c2ccccc2n1)OC. The summed E-state index contributed by atoms with van der Waals surface area (Å²) < 4.78 is 10.2. The number of pyridine rings is 1. The molecule has 1 N–H and O–H groups in total. The minimum Gasteiger partial charge on any atom is -0.365 e. The van der Waals surface area contributed by atoms with Crippen molar-refractivity contribution >= 4 is 16.7 Å². The van der Waals surface area contributed by atoms with Crippen LogP contribution in [0.4, 0.5) is 5.82 Å². The lowest BCUT2D eigenvalue weighted by Gasteiger charge is -2.14. The molecule has 0 aliphatic heterocycles. The Morgan fingerprint density at radius 1 is 1.32 bits per heavy atom. The average molecular weight is 257 g/mol. The van der Waals surface area contributed by atoms with Gasteiger partial charge in [0.1, 0.15) is 5.82 Å². The van der Waals surface area contributed by atoms with Gasteiger partial charge in [-0.2, -0.15) is 5.26 Å². The summed E-state index contributed by atoms with van der Waals surface area (Å²) in [5.74, 6) is 0.634. The Morgan fingerprint density at radius 2 is 2.05 bits per heavy atom. The molecule has 0 atom stereocenters. The molecule has 2 rings (SSSR count). The molecular weight excluding hydrogens is 242 g/mol. The van der Waals surface area contributed by atoms with Crippen LogP contribution in [-0.2, 0) is 9.47 Å². The molecule has 0 saturated heterocycles. The van der Waals surface area contributed by atoms with Crippen LogP contribution < -0.4 is 5.32 Å². The zero-order valence-electron chi connectivity index (χ0n) is 10.9. The van der Waals surface area contributed by atoms with Gasteiger partial charge in [0.05, 0.1) is 23.7 Å². The topological polar surface area (TPSA) is 67.2 Å². The first-order valence-electron chi connectivity index (χ1n) is 5.88. The van der Waals surface area contributed by atoms with E-state index < -0.39 is 0 Å². The molecule has 0 aliphatic carbocycles. The summed E-state index contributed by atoms with van der Waals surface area (Å²) >= 11 is 0. The maximum absolute atomic E-state index is 9.17. The van der Waals surface area contributed by atoms with Crippen molar-refractivity contribution in [3.8, 4) is 6.07 Å². The van der Waals surface area contributed by atoms with Crippen LogP contribution in [0.25, 0.3) is 10.9 Å². The van der Waals surface area contributed by atoms with Crippen molar-refractivity contribution in [3.05, 3.63) is 35.9 Å². The number of methoxy groups -OCH3 is 2. The zero-order valence-corrected chi connectivity index (χ0v) is 10.9. The quantitative estimate of drug-likeness (QED) is 0.831. The highest BCUT2D eigenvalue weighted by atomic mass is 16.7. The summed E-state index contributed by atoms with van der Waals surface area (Å²) in [5.41, 5.74) is 1.38. The second-order valence-corrected chi connectivity index (χ2v) is 3.97. The van der Waals surface area contributed by atoms with Crippen LogP contribution in [0.2, 0.25) is 0 Å². The second kappa shape index (κ2) is 6.14.